The van der Waals surface area contributed by atoms with E-state index in [0.29, 0.717) is 11.6 Å². The van der Waals surface area contributed by atoms with E-state index >= 15 is 0 Å². The molecule has 4 nitrogen and oxygen atoms in total. The molecule has 0 aliphatic carbocycles. The molecular formula is C12H19BNO3-. The minimum atomic E-state index is -1.18. The highest BCUT2D eigenvalue weighted by atomic mass is 16.5. The van der Waals surface area contributed by atoms with Crippen molar-refractivity contribution in [2.75, 3.05) is 0 Å². The first-order valence-corrected chi connectivity index (χ1v) is 6.86. The van der Waals surface area contributed by atoms with E-state index in [1.165, 1.54) is 38.5 Å². The SMILES string of the molecule is O=CCC1N[B-]2(OC1=O)C1CCCC2CCC1. The normalized spacial score (nSPS) is 44.7. The molecule has 1 spiro atoms. The zero-order valence-corrected chi connectivity index (χ0v) is 10.1. The van der Waals surface area contributed by atoms with Crippen LogP contribution < -0.4 is 5.23 Å². The number of rotatable bonds is 2. The Balaban J connectivity index is 1.86. The molecule has 94 valence electrons. The smallest absolute Gasteiger partial charge is 0.273 e. The fourth-order valence-corrected chi connectivity index (χ4v) is 4.36. The molecule has 3 fully saturated rings. The summed E-state index contributed by atoms with van der Waals surface area (Å²) in [6.45, 7) is -1.18. The first-order valence-electron chi connectivity index (χ1n) is 6.86. The van der Waals surface area contributed by atoms with Crippen LogP contribution in [-0.4, -0.2) is 24.8 Å². The van der Waals surface area contributed by atoms with Crippen molar-refractivity contribution < 1.29 is 14.2 Å². The lowest BCUT2D eigenvalue weighted by Gasteiger charge is -2.55. The average molecular weight is 236 g/mol. The molecule has 0 aromatic carbocycles. The van der Waals surface area contributed by atoms with Crippen LogP contribution in [0.4, 0.5) is 0 Å². The Morgan fingerprint density at radius 1 is 1.24 bits per heavy atom. The molecule has 3 saturated heterocycles. The summed E-state index contributed by atoms with van der Waals surface area (Å²) in [6.07, 6.45) is 8.27. The molecule has 0 radical (unpaired) electrons. The summed E-state index contributed by atoms with van der Waals surface area (Å²) in [7, 11) is 0. The molecule has 0 aromatic rings. The monoisotopic (exact) mass is 236 g/mol. The van der Waals surface area contributed by atoms with Gasteiger partial charge in [-0.05, 0) is 0 Å². The first-order chi connectivity index (χ1) is 8.26. The van der Waals surface area contributed by atoms with Gasteiger partial charge < -0.3 is 14.7 Å². The topological polar surface area (TPSA) is 55.4 Å². The van der Waals surface area contributed by atoms with Crippen molar-refractivity contribution in [3.05, 3.63) is 0 Å². The zero-order valence-electron chi connectivity index (χ0n) is 10.1. The molecule has 3 aliphatic heterocycles. The van der Waals surface area contributed by atoms with Gasteiger partial charge in [0.25, 0.3) is 5.97 Å². The van der Waals surface area contributed by atoms with Crippen LogP contribution >= 0.6 is 0 Å². The first kappa shape index (κ1) is 11.3. The van der Waals surface area contributed by atoms with Crippen molar-refractivity contribution in [2.45, 2.75) is 62.6 Å². The van der Waals surface area contributed by atoms with Crippen LogP contribution in [0.3, 0.4) is 0 Å². The van der Waals surface area contributed by atoms with Crippen molar-refractivity contribution in [1.29, 1.82) is 0 Å². The second-order valence-corrected chi connectivity index (χ2v) is 5.86. The van der Waals surface area contributed by atoms with E-state index in [4.69, 9.17) is 4.65 Å². The Morgan fingerprint density at radius 2 is 1.82 bits per heavy atom. The molecule has 5 heteroatoms. The molecule has 1 N–H and O–H groups in total. The van der Waals surface area contributed by atoms with Crippen LogP contribution in [-0.2, 0) is 14.2 Å². The minimum absolute atomic E-state index is 0.198. The molecule has 0 aromatic heterocycles. The number of nitrogens with one attached hydrogen (secondary N) is 1. The second-order valence-electron chi connectivity index (χ2n) is 5.86. The lowest BCUT2D eigenvalue weighted by atomic mass is 9.28. The Kier molecular flexibility index (Phi) is 2.73. The third-order valence-corrected chi connectivity index (χ3v) is 5.09. The molecule has 2 bridgehead atoms. The highest BCUT2D eigenvalue weighted by Crippen LogP contribution is 2.53. The Bertz CT molecular complexity index is 325. The summed E-state index contributed by atoms with van der Waals surface area (Å²) in [4.78, 5) is 22.4. The Hall–Kier alpha value is -0.835. The molecule has 3 aliphatic rings. The second kappa shape index (κ2) is 4.12. The average Bonchev–Trinajstić information content (AvgIpc) is 2.56. The van der Waals surface area contributed by atoms with Gasteiger partial charge in [-0.2, -0.15) is 0 Å². The van der Waals surface area contributed by atoms with E-state index in [1.807, 2.05) is 0 Å². The number of carbonyl (C=O) groups is 2. The predicted octanol–water partition coefficient (Wildman–Crippen LogP) is 1.64. The Morgan fingerprint density at radius 3 is 2.35 bits per heavy atom. The summed E-state index contributed by atoms with van der Waals surface area (Å²) >= 11 is 0. The van der Waals surface area contributed by atoms with Gasteiger partial charge in [-0.3, -0.25) is 4.79 Å². The standard InChI is InChI=1S/C12H19BNO3/c15-8-7-11-12(16)17-13(14-11)9-3-1-4-10(13)6-2-5-9/h8-11,14H,1-7H2/q-1. The van der Waals surface area contributed by atoms with Gasteiger partial charge in [-0.1, -0.05) is 38.5 Å². The lowest BCUT2D eigenvalue weighted by Crippen LogP contribution is -2.60. The summed E-state index contributed by atoms with van der Waals surface area (Å²) < 4.78 is 5.78. The molecular weight excluding hydrogens is 217 g/mol. The highest BCUT2D eigenvalue weighted by molar-refractivity contribution is 6.77. The van der Waals surface area contributed by atoms with Gasteiger partial charge in [0.05, 0.1) is 6.04 Å². The van der Waals surface area contributed by atoms with Crippen molar-refractivity contribution in [3.63, 3.8) is 0 Å². The molecule has 3 rings (SSSR count). The molecule has 1 unspecified atom stereocenters. The third-order valence-electron chi connectivity index (χ3n) is 5.09. The van der Waals surface area contributed by atoms with Crippen LogP contribution in [0.15, 0.2) is 0 Å². The van der Waals surface area contributed by atoms with Crippen LogP contribution in [0, 0.1) is 0 Å². The minimum Gasteiger partial charge on any atom is -0.673 e. The van der Waals surface area contributed by atoms with E-state index in [2.05, 4.69) is 5.23 Å². The highest BCUT2D eigenvalue weighted by Gasteiger charge is 2.52. The van der Waals surface area contributed by atoms with Crippen molar-refractivity contribution in [2.24, 2.45) is 0 Å². The van der Waals surface area contributed by atoms with Gasteiger partial charge in [0.15, 0.2) is 0 Å². The molecule has 0 amide bonds. The van der Waals surface area contributed by atoms with Crippen molar-refractivity contribution in [3.8, 4) is 0 Å². The number of aldehydes is 1. The largest absolute Gasteiger partial charge is 0.673 e. The fourth-order valence-electron chi connectivity index (χ4n) is 4.36. The quantitative estimate of drug-likeness (QED) is 0.585. The van der Waals surface area contributed by atoms with E-state index in [9.17, 15) is 9.59 Å². The summed E-state index contributed by atoms with van der Waals surface area (Å²) in [5.74, 6) is 0.835. The molecule has 3 heterocycles. The van der Waals surface area contributed by atoms with Gasteiger partial charge in [-0.25, -0.2) is 0 Å². The van der Waals surface area contributed by atoms with Gasteiger partial charge in [0, 0.05) is 6.42 Å². The van der Waals surface area contributed by atoms with Crippen LogP contribution in [0.1, 0.15) is 44.9 Å². The Labute approximate surface area is 101 Å². The van der Waals surface area contributed by atoms with Crippen LogP contribution in [0.5, 0.6) is 0 Å². The number of hydrogen-bond donors (Lipinski definition) is 1. The fraction of sp³-hybridized carbons (Fsp3) is 0.833. The maximum absolute atomic E-state index is 11.8. The van der Waals surface area contributed by atoms with Crippen LogP contribution in [0.25, 0.3) is 0 Å². The molecule has 17 heavy (non-hydrogen) atoms. The predicted molar refractivity (Wildman–Crippen MR) is 64.7 cm³/mol. The maximum atomic E-state index is 11.8. The van der Waals surface area contributed by atoms with Crippen molar-refractivity contribution in [1.82, 2.24) is 5.23 Å². The molecule has 1 atom stereocenters. The van der Waals surface area contributed by atoms with Crippen LogP contribution in [0.2, 0.25) is 11.6 Å². The third kappa shape index (κ3) is 1.63. The van der Waals surface area contributed by atoms with Crippen molar-refractivity contribution >= 4 is 18.7 Å². The van der Waals surface area contributed by atoms with E-state index in [-0.39, 0.29) is 18.4 Å². The summed E-state index contributed by atoms with van der Waals surface area (Å²) in [6, 6.07) is -0.381. The van der Waals surface area contributed by atoms with Gasteiger partial charge in [-0.15, -0.1) is 11.6 Å². The van der Waals surface area contributed by atoms with Gasteiger partial charge >= 0.3 is 0 Å². The van der Waals surface area contributed by atoms with E-state index in [0.717, 1.165) is 6.29 Å². The maximum Gasteiger partial charge on any atom is 0.273 e. The lowest BCUT2D eigenvalue weighted by molar-refractivity contribution is -0.135. The molecule has 0 saturated carbocycles. The van der Waals surface area contributed by atoms with E-state index in [1.54, 1.807) is 0 Å². The van der Waals surface area contributed by atoms with E-state index < -0.39 is 6.48 Å². The number of hydrogen-bond acceptors (Lipinski definition) is 4. The zero-order chi connectivity index (χ0) is 11.9. The summed E-state index contributed by atoms with van der Waals surface area (Å²) in [5, 5.41) is 3.42. The summed E-state index contributed by atoms with van der Waals surface area (Å²) in [5.41, 5.74) is 0. The van der Waals surface area contributed by atoms with Gasteiger partial charge in [0.2, 0.25) is 6.48 Å². The van der Waals surface area contributed by atoms with Gasteiger partial charge in [0.1, 0.15) is 6.29 Å². The number of carbonyl (C=O) groups excluding carboxylic acids is 2.